The first-order valence-electron chi connectivity index (χ1n) is 11.7. The van der Waals surface area contributed by atoms with Gasteiger partial charge in [-0.1, -0.05) is 48.6 Å². The Morgan fingerprint density at radius 2 is 1.09 bits per heavy atom. The fraction of sp³-hybridized carbons (Fsp3) is 0.333. The lowest BCUT2D eigenvalue weighted by molar-refractivity contribution is 0.361. The molecule has 2 heterocycles. The molecule has 33 heavy (non-hydrogen) atoms. The summed E-state index contributed by atoms with van der Waals surface area (Å²) >= 11 is 0. The largest absolute Gasteiger partial charge is 0.494 e. The molecule has 4 bridgehead atoms. The zero-order valence-electron chi connectivity index (χ0n) is 18.1. The summed E-state index contributed by atoms with van der Waals surface area (Å²) in [6.07, 6.45) is 11.1. The highest BCUT2D eigenvalue weighted by molar-refractivity contribution is 5.60. The van der Waals surface area contributed by atoms with Gasteiger partial charge in [0, 0.05) is 52.5 Å². The standard InChI is InChI=1S/C27H26N2O4/c30-24-20-16-4-5-17(11-16)21(20)25(31)28(24)9-8-14-2-1-3-15(10-14)13-29-26(32)22-18-6-7-19(12-18)23(22)27(29)33/h1-7,10,16-19,30-33H,8-9,11-13H2. The highest BCUT2D eigenvalue weighted by Gasteiger charge is 2.42. The van der Waals surface area contributed by atoms with Crippen LogP contribution in [0.5, 0.6) is 23.5 Å². The van der Waals surface area contributed by atoms with Gasteiger partial charge in [0.05, 0.1) is 6.54 Å². The average molecular weight is 443 g/mol. The summed E-state index contributed by atoms with van der Waals surface area (Å²) in [4.78, 5) is 0. The van der Waals surface area contributed by atoms with Gasteiger partial charge in [-0.3, -0.25) is 9.13 Å². The van der Waals surface area contributed by atoms with Crippen molar-refractivity contribution in [1.82, 2.24) is 9.13 Å². The molecule has 4 N–H and O–H groups in total. The molecule has 0 amide bonds. The van der Waals surface area contributed by atoms with E-state index in [1.165, 1.54) is 0 Å². The van der Waals surface area contributed by atoms with Crippen LogP contribution in [0.15, 0.2) is 48.6 Å². The summed E-state index contributed by atoms with van der Waals surface area (Å²) in [7, 11) is 0. The Bertz CT molecular complexity index is 1300. The first-order chi connectivity index (χ1) is 16.0. The van der Waals surface area contributed by atoms with Crippen molar-refractivity contribution in [3.8, 4) is 23.5 Å². The van der Waals surface area contributed by atoms with Crippen LogP contribution < -0.4 is 0 Å². The van der Waals surface area contributed by atoms with Gasteiger partial charge in [0.25, 0.3) is 0 Å². The van der Waals surface area contributed by atoms with Crippen LogP contribution >= 0.6 is 0 Å². The lowest BCUT2D eigenvalue weighted by Crippen LogP contribution is -2.04. The maximum Gasteiger partial charge on any atom is 0.198 e. The normalized spacial score (nSPS) is 25.3. The Hall–Kier alpha value is -3.54. The van der Waals surface area contributed by atoms with Gasteiger partial charge in [0.2, 0.25) is 0 Å². The van der Waals surface area contributed by atoms with Crippen LogP contribution in [0.2, 0.25) is 0 Å². The van der Waals surface area contributed by atoms with E-state index in [-0.39, 0.29) is 47.2 Å². The third-order valence-corrected chi connectivity index (χ3v) is 8.17. The van der Waals surface area contributed by atoms with E-state index in [0.717, 1.165) is 46.2 Å². The van der Waals surface area contributed by atoms with Crippen molar-refractivity contribution in [2.45, 2.75) is 56.0 Å². The SMILES string of the molecule is Oc1c2c(c(O)n1CCc1cccc(Cn3c(O)c4c(c3O)C3C=CC4C3)c1)C1C=CC2C1. The third kappa shape index (κ3) is 2.49. The molecule has 1 aromatic carbocycles. The maximum absolute atomic E-state index is 10.8. The molecule has 0 aliphatic heterocycles. The Kier molecular flexibility index (Phi) is 3.74. The van der Waals surface area contributed by atoms with E-state index in [4.69, 9.17) is 0 Å². The van der Waals surface area contributed by atoms with Crippen LogP contribution in [0.3, 0.4) is 0 Å². The molecular formula is C27H26N2O4. The second-order valence-corrected chi connectivity index (χ2v) is 9.92. The molecule has 0 fully saturated rings. The number of hydrogen-bond donors (Lipinski definition) is 4. The molecule has 4 aliphatic rings. The Balaban J connectivity index is 1.12. The van der Waals surface area contributed by atoms with E-state index in [1.54, 1.807) is 9.13 Å². The predicted octanol–water partition coefficient (Wildman–Crippen LogP) is 4.68. The summed E-state index contributed by atoms with van der Waals surface area (Å²) in [6.45, 7) is 0.873. The van der Waals surface area contributed by atoms with Gasteiger partial charge in [-0.15, -0.1) is 0 Å². The number of aromatic nitrogens is 2. The van der Waals surface area contributed by atoms with E-state index in [9.17, 15) is 20.4 Å². The number of nitrogens with zero attached hydrogens (tertiary/aromatic N) is 2. The Labute approximate surface area is 191 Å². The van der Waals surface area contributed by atoms with Crippen molar-refractivity contribution in [2.24, 2.45) is 0 Å². The molecule has 0 saturated heterocycles. The smallest absolute Gasteiger partial charge is 0.198 e. The molecule has 4 aliphatic carbocycles. The van der Waals surface area contributed by atoms with E-state index in [0.29, 0.717) is 19.5 Å². The minimum absolute atomic E-state index is 0.171. The minimum Gasteiger partial charge on any atom is -0.494 e. The lowest BCUT2D eigenvalue weighted by atomic mass is 10.0. The van der Waals surface area contributed by atoms with Gasteiger partial charge in [-0.2, -0.15) is 0 Å². The van der Waals surface area contributed by atoms with Crippen LogP contribution in [0.1, 0.15) is 69.9 Å². The first kappa shape index (κ1) is 19.0. The zero-order valence-corrected chi connectivity index (χ0v) is 18.1. The van der Waals surface area contributed by atoms with Crippen LogP contribution in [-0.4, -0.2) is 29.6 Å². The highest BCUT2D eigenvalue weighted by Crippen LogP contribution is 2.57. The number of fused-ring (bicyclic) bond motifs is 10. The minimum atomic E-state index is 0.171. The summed E-state index contributed by atoms with van der Waals surface area (Å²) in [5.41, 5.74) is 5.60. The summed E-state index contributed by atoms with van der Waals surface area (Å²) < 4.78 is 3.23. The lowest BCUT2D eigenvalue weighted by Gasteiger charge is -2.12. The van der Waals surface area contributed by atoms with E-state index >= 15 is 0 Å². The molecule has 0 spiro atoms. The van der Waals surface area contributed by atoms with Crippen LogP contribution in [-0.2, 0) is 19.5 Å². The molecule has 6 heteroatoms. The van der Waals surface area contributed by atoms with Gasteiger partial charge < -0.3 is 20.4 Å². The molecule has 0 saturated carbocycles. The number of aryl methyl sites for hydroxylation is 1. The molecule has 2 aromatic heterocycles. The number of hydrogen-bond acceptors (Lipinski definition) is 4. The molecule has 6 nitrogen and oxygen atoms in total. The second-order valence-electron chi connectivity index (χ2n) is 9.92. The number of aromatic hydroxyl groups is 4. The fourth-order valence-electron chi connectivity index (χ4n) is 6.65. The van der Waals surface area contributed by atoms with Crippen molar-refractivity contribution in [3.05, 3.63) is 82.0 Å². The molecule has 0 radical (unpaired) electrons. The van der Waals surface area contributed by atoms with Crippen LogP contribution in [0, 0.1) is 0 Å². The van der Waals surface area contributed by atoms with Crippen molar-refractivity contribution < 1.29 is 20.4 Å². The van der Waals surface area contributed by atoms with Gasteiger partial charge in [-0.05, 0) is 30.4 Å². The quantitative estimate of drug-likeness (QED) is 0.432. The number of benzene rings is 1. The summed E-state index contributed by atoms with van der Waals surface area (Å²) in [5, 5.41) is 43.1. The van der Waals surface area contributed by atoms with Gasteiger partial charge in [-0.25, -0.2) is 0 Å². The summed E-state index contributed by atoms with van der Waals surface area (Å²) in [6, 6.07) is 8.05. The molecule has 7 rings (SSSR count). The Morgan fingerprint density at radius 3 is 1.61 bits per heavy atom. The molecule has 168 valence electrons. The Morgan fingerprint density at radius 1 is 0.636 bits per heavy atom. The van der Waals surface area contributed by atoms with Gasteiger partial charge in [0.15, 0.2) is 23.5 Å². The van der Waals surface area contributed by atoms with Crippen molar-refractivity contribution in [1.29, 1.82) is 0 Å². The summed E-state index contributed by atoms with van der Waals surface area (Å²) in [5.74, 6) is 1.57. The topological polar surface area (TPSA) is 90.8 Å². The fourth-order valence-corrected chi connectivity index (χ4v) is 6.65. The van der Waals surface area contributed by atoms with Crippen LogP contribution in [0.25, 0.3) is 0 Å². The highest BCUT2D eigenvalue weighted by atomic mass is 16.3. The second kappa shape index (κ2) is 6.50. The van der Waals surface area contributed by atoms with Crippen molar-refractivity contribution >= 4 is 0 Å². The average Bonchev–Trinajstić information content (AvgIpc) is 3.64. The molecule has 4 unspecified atom stereocenters. The number of rotatable bonds is 5. The molecular weight excluding hydrogens is 416 g/mol. The van der Waals surface area contributed by atoms with E-state index < -0.39 is 0 Å². The third-order valence-electron chi connectivity index (χ3n) is 8.17. The maximum atomic E-state index is 10.8. The monoisotopic (exact) mass is 442 g/mol. The molecule has 3 aromatic rings. The molecule has 4 atom stereocenters. The van der Waals surface area contributed by atoms with Gasteiger partial charge >= 0.3 is 0 Å². The van der Waals surface area contributed by atoms with Crippen molar-refractivity contribution in [3.63, 3.8) is 0 Å². The van der Waals surface area contributed by atoms with E-state index in [2.05, 4.69) is 30.4 Å². The van der Waals surface area contributed by atoms with Gasteiger partial charge in [0.1, 0.15) is 0 Å². The first-order valence-corrected chi connectivity index (χ1v) is 11.7. The predicted molar refractivity (Wildman–Crippen MR) is 123 cm³/mol. The van der Waals surface area contributed by atoms with Crippen molar-refractivity contribution in [2.75, 3.05) is 0 Å². The van der Waals surface area contributed by atoms with E-state index in [1.807, 2.05) is 18.2 Å². The zero-order chi connectivity index (χ0) is 22.4. The number of allylic oxidation sites excluding steroid dienone is 4. The van der Waals surface area contributed by atoms with Crippen LogP contribution in [0.4, 0.5) is 0 Å².